The first-order chi connectivity index (χ1) is 19.0. The molecule has 0 spiro atoms. The van der Waals surface area contributed by atoms with Crippen molar-refractivity contribution in [2.75, 3.05) is 13.7 Å². The molecule has 1 aliphatic heterocycles. The Hall–Kier alpha value is -3.57. The first kappa shape index (κ1) is 25.7. The number of carbonyl (C=O) groups is 2. The smallest absolute Gasteiger partial charge is 0.180 e. The highest BCUT2D eigenvalue weighted by atomic mass is 35.5. The van der Waals surface area contributed by atoms with Crippen LogP contribution < -0.4 is 9.47 Å². The van der Waals surface area contributed by atoms with E-state index in [-0.39, 0.29) is 11.6 Å². The maximum Gasteiger partial charge on any atom is 0.180 e. The van der Waals surface area contributed by atoms with Crippen LogP contribution in [0.5, 0.6) is 11.5 Å². The molecule has 3 aromatic carbocycles. The average molecular weight is 542 g/mol. The molecule has 0 N–H and O–H groups in total. The largest absolute Gasteiger partial charge is 0.490 e. The van der Waals surface area contributed by atoms with Crippen molar-refractivity contribution in [2.45, 2.75) is 58.0 Å². The molecule has 0 radical (unpaired) electrons. The van der Waals surface area contributed by atoms with Gasteiger partial charge in [0.05, 0.1) is 11.6 Å². The lowest BCUT2D eigenvalue weighted by molar-refractivity contribution is -0.117. The van der Waals surface area contributed by atoms with Crippen molar-refractivity contribution < 1.29 is 19.1 Å². The summed E-state index contributed by atoms with van der Waals surface area (Å²) in [5.74, 6) is 0.786. The van der Waals surface area contributed by atoms with Gasteiger partial charge in [-0.15, -0.1) is 0 Å². The third-order valence-corrected chi connectivity index (χ3v) is 8.44. The second kappa shape index (κ2) is 10.5. The van der Waals surface area contributed by atoms with Crippen molar-refractivity contribution in [3.8, 4) is 11.5 Å². The Bertz CT molecular complexity index is 1500. The Morgan fingerprint density at radius 1 is 0.872 bits per heavy atom. The Kier molecular flexibility index (Phi) is 6.94. The normalized spacial score (nSPS) is 18.0. The lowest BCUT2D eigenvalue weighted by Crippen LogP contribution is -2.37. The van der Waals surface area contributed by atoms with Gasteiger partial charge < -0.3 is 14.4 Å². The van der Waals surface area contributed by atoms with E-state index < -0.39 is 5.92 Å². The second-order valence-electron chi connectivity index (χ2n) is 10.5. The second-order valence-corrected chi connectivity index (χ2v) is 10.9. The van der Waals surface area contributed by atoms with E-state index >= 15 is 0 Å². The van der Waals surface area contributed by atoms with E-state index in [1.165, 1.54) is 0 Å². The molecule has 5 nitrogen and oxygen atoms in total. The van der Waals surface area contributed by atoms with Crippen LogP contribution >= 0.6 is 11.6 Å². The summed E-state index contributed by atoms with van der Waals surface area (Å²) >= 11 is 6.91. The molecule has 0 fully saturated rings. The Morgan fingerprint density at radius 3 is 2.23 bits per heavy atom. The van der Waals surface area contributed by atoms with Crippen LogP contribution in [0.1, 0.15) is 62.5 Å². The fraction of sp³-hybridized carbons (Fsp3) is 0.333. The van der Waals surface area contributed by atoms with E-state index in [1.807, 2.05) is 44.3 Å². The highest BCUT2D eigenvalue weighted by molar-refractivity contribution is 6.32. The molecule has 0 amide bonds. The summed E-state index contributed by atoms with van der Waals surface area (Å²) in [5.41, 5.74) is 5.40. The maximum atomic E-state index is 13.4. The standard InChI is InChI=1S/C33H32ClNO4/c1-3-38-29-18-22(17-24(34)33(29)39-19-21-11-6-10-20-9-4-5-12-23(20)21)30-31-25(13-7-15-27(31)36)35(2)26-14-8-16-28(37)32(26)30/h4-6,9-12,17-18,30H,3,7-8,13-16,19H2,1-2H3. The molecule has 0 saturated heterocycles. The summed E-state index contributed by atoms with van der Waals surface area (Å²) in [5, 5.41) is 2.68. The molecule has 2 aliphatic carbocycles. The Balaban J connectivity index is 1.43. The lowest BCUT2D eigenvalue weighted by atomic mass is 9.71. The minimum absolute atomic E-state index is 0.114. The monoisotopic (exact) mass is 541 g/mol. The molecule has 3 aromatic rings. The summed E-state index contributed by atoms with van der Waals surface area (Å²) in [6, 6.07) is 18.1. The molecular formula is C33H32ClNO4. The molecule has 0 aromatic heterocycles. The number of ether oxygens (including phenoxy) is 2. The highest BCUT2D eigenvalue weighted by Crippen LogP contribution is 2.50. The SMILES string of the molecule is CCOc1cc(C2C3=C(CCCC3=O)N(C)C3=C2C(=O)CCC3)cc(Cl)c1OCc1cccc2ccccc12. The molecule has 1 heterocycles. The molecule has 6 heteroatoms. The number of allylic oxidation sites excluding steroid dienone is 4. The van der Waals surface area contributed by atoms with Crippen LogP contribution in [0.15, 0.2) is 77.1 Å². The van der Waals surface area contributed by atoms with Crippen LogP contribution in [-0.2, 0) is 16.2 Å². The molecule has 0 unspecified atom stereocenters. The van der Waals surface area contributed by atoms with Crippen molar-refractivity contribution in [3.63, 3.8) is 0 Å². The van der Waals surface area contributed by atoms with Gasteiger partial charge in [-0.05, 0) is 66.6 Å². The average Bonchev–Trinajstić information content (AvgIpc) is 2.94. The molecule has 3 aliphatic rings. The van der Waals surface area contributed by atoms with E-state index in [4.69, 9.17) is 21.1 Å². The Morgan fingerprint density at radius 2 is 1.54 bits per heavy atom. The minimum atomic E-state index is -0.435. The zero-order valence-electron chi connectivity index (χ0n) is 22.4. The van der Waals surface area contributed by atoms with E-state index in [0.717, 1.165) is 70.1 Å². The summed E-state index contributed by atoms with van der Waals surface area (Å²) in [4.78, 5) is 28.8. The summed E-state index contributed by atoms with van der Waals surface area (Å²) in [7, 11) is 2.00. The van der Waals surface area contributed by atoms with E-state index in [9.17, 15) is 9.59 Å². The van der Waals surface area contributed by atoms with Gasteiger partial charge in [-0.2, -0.15) is 0 Å². The quantitative estimate of drug-likeness (QED) is 0.323. The fourth-order valence-electron chi connectivity index (χ4n) is 6.41. The minimum Gasteiger partial charge on any atom is -0.490 e. The predicted molar refractivity (Wildman–Crippen MR) is 153 cm³/mol. The number of hydrogen-bond acceptors (Lipinski definition) is 5. The van der Waals surface area contributed by atoms with Crippen LogP contribution in [0.3, 0.4) is 0 Å². The molecule has 6 rings (SSSR count). The van der Waals surface area contributed by atoms with Gasteiger partial charge in [-0.3, -0.25) is 9.59 Å². The van der Waals surface area contributed by atoms with E-state index in [2.05, 4.69) is 29.2 Å². The van der Waals surface area contributed by atoms with Gasteiger partial charge in [-0.25, -0.2) is 0 Å². The third kappa shape index (κ3) is 4.53. The lowest BCUT2D eigenvalue weighted by Gasteiger charge is -2.42. The summed E-state index contributed by atoms with van der Waals surface area (Å²) in [6.07, 6.45) is 4.32. The van der Waals surface area contributed by atoms with Crippen molar-refractivity contribution in [1.82, 2.24) is 4.90 Å². The van der Waals surface area contributed by atoms with Crippen LogP contribution in [0.2, 0.25) is 5.02 Å². The van der Waals surface area contributed by atoms with Crippen LogP contribution in [-0.4, -0.2) is 30.1 Å². The fourth-order valence-corrected chi connectivity index (χ4v) is 6.69. The number of fused-ring (bicyclic) bond motifs is 1. The maximum absolute atomic E-state index is 13.4. The molecule has 200 valence electrons. The van der Waals surface area contributed by atoms with E-state index in [0.29, 0.717) is 42.6 Å². The van der Waals surface area contributed by atoms with Gasteiger partial charge in [0.2, 0.25) is 0 Å². The summed E-state index contributed by atoms with van der Waals surface area (Å²) < 4.78 is 12.4. The molecule has 0 saturated carbocycles. The zero-order chi connectivity index (χ0) is 27.1. The number of nitrogens with zero attached hydrogens (tertiary/aromatic N) is 1. The first-order valence-electron chi connectivity index (χ1n) is 13.8. The van der Waals surface area contributed by atoms with Crippen molar-refractivity contribution in [3.05, 3.63) is 93.3 Å². The Labute approximate surface area is 234 Å². The van der Waals surface area contributed by atoms with Gasteiger partial charge in [0.1, 0.15) is 6.61 Å². The molecule has 0 atom stereocenters. The van der Waals surface area contributed by atoms with Gasteiger partial charge in [0.25, 0.3) is 0 Å². The molecule has 39 heavy (non-hydrogen) atoms. The molecular weight excluding hydrogens is 510 g/mol. The van der Waals surface area contributed by atoms with Crippen molar-refractivity contribution in [1.29, 1.82) is 0 Å². The third-order valence-electron chi connectivity index (χ3n) is 8.16. The van der Waals surface area contributed by atoms with E-state index in [1.54, 1.807) is 0 Å². The molecule has 0 bridgehead atoms. The first-order valence-corrected chi connectivity index (χ1v) is 14.2. The van der Waals surface area contributed by atoms with Gasteiger partial charge in [0.15, 0.2) is 23.1 Å². The number of hydrogen-bond donors (Lipinski definition) is 0. The number of halogens is 1. The number of carbonyl (C=O) groups excluding carboxylic acids is 2. The summed E-state index contributed by atoms with van der Waals surface area (Å²) in [6.45, 7) is 2.68. The van der Waals surface area contributed by atoms with Crippen LogP contribution in [0, 0.1) is 0 Å². The number of benzene rings is 3. The number of ketones is 2. The van der Waals surface area contributed by atoms with Crippen LogP contribution in [0.4, 0.5) is 0 Å². The number of rotatable bonds is 6. The van der Waals surface area contributed by atoms with Crippen LogP contribution in [0.25, 0.3) is 10.8 Å². The van der Waals surface area contributed by atoms with Crippen molar-refractivity contribution in [2.24, 2.45) is 0 Å². The van der Waals surface area contributed by atoms with Crippen molar-refractivity contribution >= 4 is 33.9 Å². The van der Waals surface area contributed by atoms with Gasteiger partial charge in [0, 0.05) is 48.3 Å². The zero-order valence-corrected chi connectivity index (χ0v) is 23.1. The topological polar surface area (TPSA) is 55.8 Å². The predicted octanol–water partition coefficient (Wildman–Crippen LogP) is 7.51. The van der Waals surface area contributed by atoms with Gasteiger partial charge in [-0.1, -0.05) is 54.1 Å². The number of Topliss-reactive ketones (excluding diaryl/α,β-unsaturated/α-hetero) is 2. The van der Waals surface area contributed by atoms with Gasteiger partial charge >= 0.3 is 0 Å². The highest BCUT2D eigenvalue weighted by Gasteiger charge is 2.42.